The quantitative estimate of drug-likeness (QED) is 0.638. The molecule has 0 saturated carbocycles. The van der Waals surface area contributed by atoms with Crippen molar-refractivity contribution in [2.24, 2.45) is 0 Å². The number of nitrogens with zero attached hydrogens (tertiary/aromatic N) is 2. The number of aromatic nitrogens is 2. The van der Waals surface area contributed by atoms with Crippen molar-refractivity contribution in [3.63, 3.8) is 0 Å². The average Bonchev–Trinajstić information content (AvgIpc) is 2.85. The first kappa shape index (κ1) is 16.8. The van der Waals surface area contributed by atoms with Crippen LogP contribution in [0.2, 0.25) is 5.02 Å². The number of carbonyl (C=O) groups is 1. The van der Waals surface area contributed by atoms with Crippen molar-refractivity contribution < 1.29 is 4.79 Å². The van der Waals surface area contributed by atoms with Gasteiger partial charge in [-0.25, -0.2) is 0 Å². The van der Waals surface area contributed by atoms with Gasteiger partial charge in [0.1, 0.15) is 0 Å². The third-order valence-corrected chi connectivity index (χ3v) is 5.30. The Kier molecular flexibility index (Phi) is 4.78. The predicted molar refractivity (Wildman–Crippen MR) is 98.2 cm³/mol. The monoisotopic (exact) mass is 356 g/mol. The van der Waals surface area contributed by atoms with Crippen LogP contribution in [0.1, 0.15) is 27.3 Å². The summed E-state index contributed by atoms with van der Waals surface area (Å²) in [7, 11) is 0. The predicted octanol–water partition coefficient (Wildman–Crippen LogP) is 5.30. The van der Waals surface area contributed by atoms with E-state index in [-0.39, 0.29) is 5.91 Å². The van der Waals surface area contributed by atoms with Crippen LogP contribution in [0.4, 0.5) is 0 Å². The lowest BCUT2D eigenvalue weighted by Crippen LogP contribution is -2.15. The van der Waals surface area contributed by atoms with Crippen LogP contribution < -0.4 is 0 Å². The molecule has 3 rings (SSSR count). The molecule has 0 aliphatic carbocycles. The first-order chi connectivity index (χ1) is 11.5. The maximum Gasteiger partial charge on any atom is 0.278 e. The molecule has 1 aromatic heterocycles. The number of benzene rings is 2. The zero-order valence-corrected chi connectivity index (χ0v) is 15.3. The van der Waals surface area contributed by atoms with E-state index in [1.165, 1.54) is 4.68 Å². The summed E-state index contributed by atoms with van der Waals surface area (Å²) in [5.74, 6) is -0.112. The topological polar surface area (TPSA) is 34.9 Å². The zero-order chi connectivity index (χ0) is 17.3. The van der Waals surface area contributed by atoms with Crippen LogP contribution in [-0.4, -0.2) is 15.7 Å². The van der Waals surface area contributed by atoms with Crippen molar-refractivity contribution >= 4 is 29.3 Å². The molecule has 0 aliphatic heterocycles. The van der Waals surface area contributed by atoms with Gasteiger partial charge in [0.2, 0.25) is 0 Å². The van der Waals surface area contributed by atoms with Crippen molar-refractivity contribution in [3.8, 4) is 0 Å². The molecular formula is C19H17ClN2OS. The van der Waals surface area contributed by atoms with Gasteiger partial charge in [-0.15, -0.1) is 0 Å². The molecule has 0 spiro atoms. The Hall–Kier alpha value is -2.04. The van der Waals surface area contributed by atoms with Crippen LogP contribution in [0.3, 0.4) is 0 Å². The Morgan fingerprint density at radius 2 is 1.62 bits per heavy atom. The normalized spacial score (nSPS) is 10.8. The smallest absolute Gasteiger partial charge is 0.267 e. The van der Waals surface area contributed by atoms with Crippen LogP contribution in [-0.2, 0) is 0 Å². The lowest BCUT2D eigenvalue weighted by atomic mass is 10.1. The third-order valence-electron chi connectivity index (χ3n) is 3.75. The minimum absolute atomic E-state index is 0.112. The molecule has 0 radical (unpaired) electrons. The van der Waals surface area contributed by atoms with Gasteiger partial charge in [0.05, 0.1) is 16.3 Å². The van der Waals surface area contributed by atoms with Crippen molar-refractivity contribution in [3.05, 3.63) is 76.1 Å². The van der Waals surface area contributed by atoms with E-state index in [4.69, 9.17) is 11.6 Å². The van der Waals surface area contributed by atoms with Gasteiger partial charge in [-0.3, -0.25) is 4.79 Å². The van der Waals surface area contributed by atoms with E-state index in [0.29, 0.717) is 10.6 Å². The molecule has 0 saturated heterocycles. The van der Waals surface area contributed by atoms with Gasteiger partial charge in [0.15, 0.2) is 0 Å². The molecule has 5 heteroatoms. The van der Waals surface area contributed by atoms with Crippen molar-refractivity contribution in [1.82, 2.24) is 9.78 Å². The fraction of sp³-hybridized carbons (Fsp3) is 0.158. The molecule has 24 heavy (non-hydrogen) atoms. The molecule has 0 N–H and O–H groups in total. The van der Waals surface area contributed by atoms with Gasteiger partial charge < -0.3 is 0 Å². The summed E-state index contributed by atoms with van der Waals surface area (Å²) in [5, 5.41) is 5.15. The Balaban J connectivity index is 1.92. The van der Waals surface area contributed by atoms with Crippen molar-refractivity contribution in [2.75, 3.05) is 0 Å². The number of aryl methyl sites for hydroxylation is 2. The third kappa shape index (κ3) is 3.40. The highest BCUT2D eigenvalue weighted by atomic mass is 35.5. The largest absolute Gasteiger partial charge is 0.278 e. The second-order valence-electron chi connectivity index (χ2n) is 5.64. The fourth-order valence-corrected chi connectivity index (χ4v) is 3.47. The van der Waals surface area contributed by atoms with Gasteiger partial charge in [0, 0.05) is 15.5 Å². The summed E-state index contributed by atoms with van der Waals surface area (Å²) in [4.78, 5) is 14.8. The molecule has 0 fully saturated rings. The minimum Gasteiger partial charge on any atom is -0.267 e. The SMILES string of the molecule is Cc1ccc(C(=O)n2nc(C)c(Sc3ccc(Cl)cc3)c2C)cc1. The summed E-state index contributed by atoms with van der Waals surface area (Å²) in [6.07, 6.45) is 0. The molecule has 0 amide bonds. The van der Waals surface area contributed by atoms with E-state index in [9.17, 15) is 4.79 Å². The van der Waals surface area contributed by atoms with Gasteiger partial charge >= 0.3 is 0 Å². The second-order valence-corrected chi connectivity index (χ2v) is 7.16. The summed E-state index contributed by atoms with van der Waals surface area (Å²) < 4.78 is 1.48. The van der Waals surface area contributed by atoms with Crippen LogP contribution >= 0.6 is 23.4 Å². The summed E-state index contributed by atoms with van der Waals surface area (Å²) in [6.45, 7) is 5.84. The molecule has 0 unspecified atom stereocenters. The highest BCUT2D eigenvalue weighted by Crippen LogP contribution is 2.33. The molecular weight excluding hydrogens is 340 g/mol. The first-order valence-electron chi connectivity index (χ1n) is 7.56. The van der Waals surface area contributed by atoms with Crippen LogP contribution in [0.5, 0.6) is 0 Å². The maximum absolute atomic E-state index is 12.7. The average molecular weight is 357 g/mol. The van der Waals surface area contributed by atoms with E-state index >= 15 is 0 Å². The Labute approximate surface area is 150 Å². The van der Waals surface area contributed by atoms with E-state index < -0.39 is 0 Å². The molecule has 2 aromatic carbocycles. The Morgan fingerprint density at radius 3 is 2.25 bits per heavy atom. The molecule has 0 atom stereocenters. The molecule has 3 aromatic rings. The highest BCUT2D eigenvalue weighted by Gasteiger charge is 2.18. The van der Waals surface area contributed by atoms with Crippen LogP contribution in [0.25, 0.3) is 0 Å². The minimum atomic E-state index is -0.112. The number of hydrogen-bond donors (Lipinski definition) is 0. The number of halogens is 1. The van der Waals surface area contributed by atoms with Gasteiger partial charge in [-0.05, 0) is 57.2 Å². The number of rotatable bonds is 3. The van der Waals surface area contributed by atoms with Gasteiger partial charge in [-0.1, -0.05) is 41.1 Å². The molecule has 122 valence electrons. The summed E-state index contributed by atoms with van der Waals surface area (Å²) in [5.41, 5.74) is 3.44. The summed E-state index contributed by atoms with van der Waals surface area (Å²) in [6, 6.07) is 15.2. The fourth-order valence-electron chi connectivity index (χ4n) is 2.41. The van der Waals surface area contributed by atoms with Crippen LogP contribution in [0, 0.1) is 20.8 Å². The van der Waals surface area contributed by atoms with E-state index in [2.05, 4.69) is 5.10 Å². The number of carbonyl (C=O) groups excluding carboxylic acids is 1. The van der Waals surface area contributed by atoms with Crippen LogP contribution in [0.15, 0.2) is 58.3 Å². The molecule has 0 aliphatic rings. The van der Waals surface area contributed by atoms with E-state index in [0.717, 1.165) is 26.7 Å². The molecule has 0 bridgehead atoms. The van der Waals surface area contributed by atoms with E-state index in [1.54, 1.807) is 11.8 Å². The standard InChI is InChI=1S/C19H17ClN2OS/c1-12-4-6-15(7-5-12)19(23)22-14(3)18(13(2)21-22)24-17-10-8-16(20)9-11-17/h4-11H,1-3H3. The van der Waals surface area contributed by atoms with Gasteiger partial charge in [0.25, 0.3) is 5.91 Å². The maximum atomic E-state index is 12.7. The van der Waals surface area contributed by atoms with Crippen molar-refractivity contribution in [2.45, 2.75) is 30.6 Å². The Bertz CT molecular complexity index is 883. The Morgan fingerprint density at radius 1 is 1.00 bits per heavy atom. The van der Waals surface area contributed by atoms with Gasteiger partial charge in [-0.2, -0.15) is 9.78 Å². The lowest BCUT2D eigenvalue weighted by molar-refractivity contribution is 0.0942. The second kappa shape index (κ2) is 6.83. The molecule has 3 nitrogen and oxygen atoms in total. The molecule has 1 heterocycles. The van der Waals surface area contributed by atoms with E-state index in [1.807, 2.05) is 69.3 Å². The highest BCUT2D eigenvalue weighted by molar-refractivity contribution is 7.99. The zero-order valence-electron chi connectivity index (χ0n) is 13.7. The van der Waals surface area contributed by atoms with Crippen molar-refractivity contribution in [1.29, 1.82) is 0 Å². The first-order valence-corrected chi connectivity index (χ1v) is 8.76. The lowest BCUT2D eigenvalue weighted by Gasteiger charge is -2.05. The summed E-state index contributed by atoms with van der Waals surface area (Å²) >= 11 is 7.52. The number of hydrogen-bond acceptors (Lipinski definition) is 3.